The number of nitrogens with two attached hydrogens (primary N) is 1. The summed E-state index contributed by atoms with van der Waals surface area (Å²) in [5.74, 6) is -0.451. The van der Waals surface area contributed by atoms with Crippen molar-refractivity contribution in [2.24, 2.45) is 0 Å². The number of ether oxygens (including phenoxy) is 1. The van der Waals surface area contributed by atoms with Crippen LogP contribution in [0.3, 0.4) is 0 Å². The van der Waals surface area contributed by atoms with Gasteiger partial charge in [0.1, 0.15) is 5.03 Å². The summed E-state index contributed by atoms with van der Waals surface area (Å²) in [7, 11) is 0. The first-order chi connectivity index (χ1) is 9.63. The van der Waals surface area contributed by atoms with Crippen molar-refractivity contribution < 1.29 is 9.53 Å². The zero-order valence-corrected chi connectivity index (χ0v) is 12.4. The summed E-state index contributed by atoms with van der Waals surface area (Å²) in [4.78, 5) is 16.8. The number of halogens is 1. The van der Waals surface area contributed by atoms with E-state index in [1.54, 1.807) is 19.1 Å². The van der Waals surface area contributed by atoms with Crippen molar-refractivity contribution >= 4 is 35.0 Å². The van der Waals surface area contributed by atoms with Crippen molar-refractivity contribution in [3.05, 3.63) is 47.1 Å². The van der Waals surface area contributed by atoms with Crippen molar-refractivity contribution in [2.45, 2.75) is 16.8 Å². The molecule has 0 amide bonds. The maximum absolute atomic E-state index is 11.8. The predicted molar refractivity (Wildman–Crippen MR) is 80.2 cm³/mol. The number of benzene rings is 1. The molecule has 0 aliphatic carbocycles. The monoisotopic (exact) mass is 308 g/mol. The largest absolute Gasteiger partial charge is 0.462 e. The molecule has 0 atom stereocenters. The Kier molecular flexibility index (Phi) is 4.87. The van der Waals surface area contributed by atoms with E-state index in [0.717, 1.165) is 4.90 Å². The third-order valence-corrected chi connectivity index (χ3v) is 4.03. The fourth-order valence-electron chi connectivity index (χ4n) is 1.55. The quantitative estimate of drug-likeness (QED) is 0.873. The van der Waals surface area contributed by atoms with Crippen LogP contribution in [0.25, 0.3) is 0 Å². The Hall–Kier alpha value is -1.72. The molecule has 4 nitrogen and oxygen atoms in total. The minimum atomic E-state index is -0.451. The van der Waals surface area contributed by atoms with Crippen LogP contribution in [0.5, 0.6) is 0 Å². The molecule has 2 N–H and O–H groups in total. The molecule has 2 rings (SSSR count). The molecule has 0 fully saturated rings. The number of hydrogen-bond donors (Lipinski definition) is 1. The van der Waals surface area contributed by atoms with E-state index in [2.05, 4.69) is 4.98 Å². The SMILES string of the molecule is CCOC(=O)c1ccnc(Sc2ccccc2Cl)c1N. The van der Waals surface area contributed by atoms with Gasteiger partial charge in [-0.2, -0.15) is 0 Å². The van der Waals surface area contributed by atoms with Crippen LogP contribution in [0.1, 0.15) is 17.3 Å². The van der Waals surface area contributed by atoms with Crippen LogP contribution in [-0.4, -0.2) is 17.6 Å². The molecular formula is C14H13ClN2O2S. The predicted octanol–water partition coefficient (Wildman–Crippen LogP) is 3.65. The molecule has 0 aliphatic rings. The van der Waals surface area contributed by atoms with E-state index < -0.39 is 5.97 Å². The molecule has 0 saturated carbocycles. The van der Waals surface area contributed by atoms with Gasteiger partial charge in [-0.3, -0.25) is 0 Å². The molecule has 1 aromatic heterocycles. The van der Waals surface area contributed by atoms with E-state index in [-0.39, 0.29) is 0 Å². The first kappa shape index (κ1) is 14.7. The highest BCUT2D eigenvalue weighted by Crippen LogP contribution is 2.35. The van der Waals surface area contributed by atoms with Gasteiger partial charge >= 0.3 is 5.97 Å². The smallest absolute Gasteiger partial charge is 0.340 e. The third-order valence-electron chi connectivity index (χ3n) is 2.49. The van der Waals surface area contributed by atoms with E-state index in [1.807, 2.05) is 18.2 Å². The highest BCUT2D eigenvalue weighted by Gasteiger charge is 2.15. The number of carbonyl (C=O) groups is 1. The number of nitrogen functional groups attached to an aromatic ring is 1. The average molecular weight is 309 g/mol. The van der Waals surface area contributed by atoms with Crippen LogP contribution in [0.2, 0.25) is 5.02 Å². The second-order valence-corrected chi connectivity index (χ2v) is 5.27. The highest BCUT2D eigenvalue weighted by atomic mass is 35.5. The molecule has 0 unspecified atom stereocenters. The van der Waals surface area contributed by atoms with Gasteiger partial charge in [0.25, 0.3) is 0 Å². The number of carbonyl (C=O) groups excluding carboxylic acids is 1. The fraction of sp³-hybridized carbons (Fsp3) is 0.143. The van der Waals surface area contributed by atoms with Crippen molar-refractivity contribution in [2.75, 3.05) is 12.3 Å². The van der Waals surface area contributed by atoms with Crippen molar-refractivity contribution in [3.63, 3.8) is 0 Å². The Bertz CT molecular complexity index is 634. The molecule has 0 aliphatic heterocycles. The van der Waals surface area contributed by atoms with Gasteiger partial charge in [-0.25, -0.2) is 9.78 Å². The zero-order chi connectivity index (χ0) is 14.5. The summed E-state index contributed by atoms with van der Waals surface area (Å²) in [5.41, 5.74) is 6.60. The van der Waals surface area contributed by atoms with Gasteiger partial charge in [0.05, 0.1) is 22.9 Å². The fourth-order valence-corrected chi connectivity index (χ4v) is 2.66. The first-order valence-electron chi connectivity index (χ1n) is 5.97. The molecule has 2 aromatic rings. The van der Waals surface area contributed by atoms with Gasteiger partial charge in [-0.1, -0.05) is 35.5 Å². The molecule has 0 saturated heterocycles. The summed E-state index contributed by atoms with van der Waals surface area (Å²) in [6.45, 7) is 2.04. The van der Waals surface area contributed by atoms with Crippen LogP contribution in [0.4, 0.5) is 5.69 Å². The number of nitrogens with zero attached hydrogens (tertiary/aromatic N) is 1. The number of pyridine rings is 1. The van der Waals surface area contributed by atoms with Crippen molar-refractivity contribution in [1.29, 1.82) is 0 Å². The maximum Gasteiger partial charge on any atom is 0.340 e. The third kappa shape index (κ3) is 3.23. The van der Waals surface area contributed by atoms with Gasteiger partial charge in [0.15, 0.2) is 0 Å². The van der Waals surface area contributed by atoms with Crippen LogP contribution in [-0.2, 0) is 4.74 Å². The Morgan fingerprint density at radius 1 is 1.40 bits per heavy atom. The van der Waals surface area contributed by atoms with E-state index in [1.165, 1.54) is 18.0 Å². The highest BCUT2D eigenvalue weighted by molar-refractivity contribution is 7.99. The van der Waals surface area contributed by atoms with Gasteiger partial charge < -0.3 is 10.5 Å². The molecule has 0 radical (unpaired) electrons. The maximum atomic E-state index is 11.8. The number of rotatable bonds is 4. The lowest BCUT2D eigenvalue weighted by atomic mass is 10.2. The number of aromatic nitrogens is 1. The topological polar surface area (TPSA) is 65.2 Å². The molecular weight excluding hydrogens is 296 g/mol. The van der Waals surface area contributed by atoms with Crippen LogP contribution >= 0.6 is 23.4 Å². The van der Waals surface area contributed by atoms with Crippen LogP contribution in [0, 0.1) is 0 Å². The lowest BCUT2D eigenvalue weighted by molar-refractivity contribution is 0.0527. The molecule has 0 bridgehead atoms. The molecule has 20 heavy (non-hydrogen) atoms. The van der Waals surface area contributed by atoms with Gasteiger partial charge in [0.2, 0.25) is 0 Å². The average Bonchev–Trinajstić information content (AvgIpc) is 2.43. The molecule has 0 spiro atoms. The number of esters is 1. The summed E-state index contributed by atoms with van der Waals surface area (Å²) in [5, 5.41) is 1.14. The van der Waals surface area contributed by atoms with Crippen LogP contribution in [0.15, 0.2) is 46.5 Å². The lowest BCUT2D eigenvalue weighted by Crippen LogP contribution is -2.09. The zero-order valence-electron chi connectivity index (χ0n) is 10.8. The normalized spacial score (nSPS) is 10.3. The van der Waals surface area contributed by atoms with Gasteiger partial charge in [0, 0.05) is 11.1 Å². The van der Waals surface area contributed by atoms with Gasteiger partial charge in [-0.15, -0.1) is 0 Å². The summed E-state index contributed by atoms with van der Waals surface area (Å²) < 4.78 is 4.96. The molecule has 6 heteroatoms. The minimum absolute atomic E-state index is 0.299. The Morgan fingerprint density at radius 2 is 2.15 bits per heavy atom. The Morgan fingerprint density at radius 3 is 2.85 bits per heavy atom. The van der Waals surface area contributed by atoms with E-state index >= 15 is 0 Å². The number of anilines is 1. The lowest BCUT2D eigenvalue weighted by Gasteiger charge is -2.09. The molecule has 1 aromatic carbocycles. The van der Waals surface area contributed by atoms with Gasteiger partial charge in [-0.05, 0) is 25.1 Å². The second kappa shape index (κ2) is 6.63. The number of hydrogen-bond acceptors (Lipinski definition) is 5. The van der Waals surface area contributed by atoms with Crippen LogP contribution < -0.4 is 5.73 Å². The molecule has 104 valence electrons. The minimum Gasteiger partial charge on any atom is -0.462 e. The second-order valence-electron chi connectivity index (χ2n) is 3.83. The Balaban J connectivity index is 2.32. The van der Waals surface area contributed by atoms with Crippen molar-refractivity contribution in [3.8, 4) is 0 Å². The standard InChI is InChI=1S/C14H13ClN2O2S/c1-2-19-14(18)9-7-8-17-13(12(9)16)20-11-6-4-3-5-10(11)15/h3-8H,2,16H2,1H3. The van der Waals surface area contributed by atoms with E-state index in [0.29, 0.717) is 27.9 Å². The Labute approximate surface area is 126 Å². The van der Waals surface area contributed by atoms with Crippen molar-refractivity contribution in [1.82, 2.24) is 4.98 Å². The first-order valence-corrected chi connectivity index (χ1v) is 7.17. The summed E-state index contributed by atoms with van der Waals surface area (Å²) in [6.07, 6.45) is 1.53. The molecule has 1 heterocycles. The van der Waals surface area contributed by atoms with E-state index in [9.17, 15) is 4.79 Å². The summed E-state index contributed by atoms with van der Waals surface area (Å²) >= 11 is 7.41. The van der Waals surface area contributed by atoms with E-state index in [4.69, 9.17) is 22.1 Å². The summed E-state index contributed by atoms with van der Waals surface area (Å²) in [6, 6.07) is 8.92.